The third-order valence-electron chi connectivity index (χ3n) is 4.43. The van der Waals surface area contributed by atoms with E-state index < -0.39 is 0 Å². The Labute approximate surface area is 117 Å². The zero-order valence-electron chi connectivity index (χ0n) is 12.3. The molecule has 0 aromatic heterocycles. The minimum absolute atomic E-state index is 0.191. The minimum atomic E-state index is -0.191. The van der Waals surface area contributed by atoms with Crippen molar-refractivity contribution in [3.63, 3.8) is 0 Å². The Morgan fingerprint density at radius 1 is 1.32 bits per heavy atom. The number of fused-ring (bicyclic) bond motifs is 1. The fraction of sp³-hybridized carbons (Fsp3) is 0.647. The number of unbranched alkanes of at least 4 members (excludes halogenated alkanes) is 1. The van der Waals surface area contributed by atoms with Gasteiger partial charge >= 0.3 is 0 Å². The van der Waals surface area contributed by atoms with Gasteiger partial charge in [0.2, 0.25) is 0 Å². The molecule has 0 fully saturated rings. The van der Waals surface area contributed by atoms with Gasteiger partial charge in [-0.05, 0) is 18.4 Å². The lowest BCUT2D eigenvalue weighted by Gasteiger charge is -2.38. The Bertz CT molecular complexity index is 404. The van der Waals surface area contributed by atoms with Gasteiger partial charge in [-0.1, -0.05) is 57.7 Å². The van der Waals surface area contributed by atoms with E-state index in [4.69, 9.17) is 10.5 Å². The summed E-state index contributed by atoms with van der Waals surface area (Å²) >= 11 is 0. The standard InChI is InChI=1S/C17H27NO/c1-3-5-8-14(4-2)13-17(18)11-12-19-16-10-7-6-9-15(16)17/h6-7,9-10,14H,3-5,8,11-13,18H2,1-2H3. The number of hydrogen-bond donors (Lipinski definition) is 1. The van der Waals surface area contributed by atoms with Crippen LogP contribution in [0.4, 0.5) is 0 Å². The second-order valence-electron chi connectivity index (χ2n) is 5.87. The molecule has 0 spiro atoms. The molecular formula is C17H27NO. The average molecular weight is 261 g/mol. The van der Waals surface area contributed by atoms with Crippen LogP contribution >= 0.6 is 0 Å². The van der Waals surface area contributed by atoms with E-state index in [-0.39, 0.29) is 5.54 Å². The number of hydrogen-bond acceptors (Lipinski definition) is 2. The molecule has 19 heavy (non-hydrogen) atoms. The molecule has 2 rings (SSSR count). The summed E-state index contributed by atoms with van der Waals surface area (Å²) in [5, 5.41) is 0. The molecule has 0 aliphatic carbocycles. The topological polar surface area (TPSA) is 35.2 Å². The summed E-state index contributed by atoms with van der Waals surface area (Å²) in [4.78, 5) is 0. The van der Waals surface area contributed by atoms with Gasteiger partial charge in [0, 0.05) is 17.5 Å². The molecule has 1 aliphatic rings. The highest BCUT2D eigenvalue weighted by molar-refractivity contribution is 5.40. The minimum Gasteiger partial charge on any atom is -0.493 e. The summed E-state index contributed by atoms with van der Waals surface area (Å²) in [6.07, 6.45) is 7.13. The highest BCUT2D eigenvalue weighted by Gasteiger charge is 2.35. The van der Waals surface area contributed by atoms with Gasteiger partial charge in [0.25, 0.3) is 0 Å². The van der Waals surface area contributed by atoms with Crippen LogP contribution in [0.3, 0.4) is 0 Å². The van der Waals surface area contributed by atoms with Gasteiger partial charge in [-0.2, -0.15) is 0 Å². The number of para-hydroxylation sites is 1. The first-order chi connectivity index (χ1) is 9.19. The molecule has 106 valence electrons. The Kier molecular flexibility index (Phi) is 4.87. The van der Waals surface area contributed by atoms with E-state index in [9.17, 15) is 0 Å². The highest BCUT2D eigenvalue weighted by Crippen LogP contribution is 2.40. The van der Waals surface area contributed by atoms with Crippen molar-refractivity contribution in [2.24, 2.45) is 11.7 Å². The lowest BCUT2D eigenvalue weighted by atomic mass is 9.76. The van der Waals surface area contributed by atoms with Crippen molar-refractivity contribution in [2.75, 3.05) is 6.61 Å². The summed E-state index contributed by atoms with van der Waals surface area (Å²) in [5.41, 5.74) is 7.75. The van der Waals surface area contributed by atoms with Crippen LogP contribution in [0.2, 0.25) is 0 Å². The van der Waals surface area contributed by atoms with Crippen molar-refractivity contribution in [1.82, 2.24) is 0 Å². The maximum absolute atomic E-state index is 6.74. The van der Waals surface area contributed by atoms with Crippen molar-refractivity contribution in [3.05, 3.63) is 29.8 Å². The normalized spacial score (nSPS) is 23.5. The van der Waals surface area contributed by atoms with Gasteiger partial charge in [0.05, 0.1) is 6.61 Å². The Hall–Kier alpha value is -1.02. The van der Waals surface area contributed by atoms with Gasteiger partial charge in [0.1, 0.15) is 5.75 Å². The lowest BCUT2D eigenvalue weighted by molar-refractivity contribution is 0.184. The predicted octanol–water partition coefficient (Wildman–Crippen LogP) is 4.23. The molecule has 2 heteroatoms. The van der Waals surface area contributed by atoms with E-state index in [0.717, 1.165) is 31.1 Å². The van der Waals surface area contributed by atoms with Crippen LogP contribution in [0.5, 0.6) is 5.75 Å². The summed E-state index contributed by atoms with van der Waals surface area (Å²) in [7, 11) is 0. The first-order valence-electron chi connectivity index (χ1n) is 7.70. The van der Waals surface area contributed by atoms with Crippen LogP contribution in [-0.2, 0) is 5.54 Å². The van der Waals surface area contributed by atoms with Crippen LogP contribution in [0.1, 0.15) is 57.9 Å². The second-order valence-corrected chi connectivity index (χ2v) is 5.87. The van der Waals surface area contributed by atoms with E-state index in [2.05, 4.69) is 26.0 Å². The fourth-order valence-corrected chi connectivity index (χ4v) is 3.15. The van der Waals surface area contributed by atoms with Crippen LogP contribution in [-0.4, -0.2) is 6.61 Å². The molecule has 2 unspecified atom stereocenters. The van der Waals surface area contributed by atoms with Gasteiger partial charge in [0.15, 0.2) is 0 Å². The van der Waals surface area contributed by atoms with Gasteiger partial charge in [-0.15, -0.1) is 0 Å². The van der Waals surface area contributed by atoms with Crippen molar-refractivity contribution in [2.45, 2.75) is 57.9 Å². The van der Waals surface area contributed by atoms with Crippen LogP contribution < -0.4 is 10.5 Å². The first kappa shape index (κ1) is 14.4. The average Bonchev–Trinajstić information content (AvgIpc) is 2.44. The van der Waals surface area contributed by atoms with Crippen LogP contribution in [0, 0.1) is 5.92 Å². The van der Waals surface area contributed by atoms with Crippen molar-refractivity contribution < 1.29 is 4.74 Å². The van der Waals surface area contributed by atoms with Crippen molar-refractivity contribution in [1.29, 1.82) is 0 Å². The maximum Gasteiger partial charge on any atom is 0.124 e. The molecule has 1 aromatic carbocycles. The molecule has 0 radical (unpaired) electrons. The number of benzene rings is 1. The number of rotatable bonds is 6. The SMILES string of the molecule is CCCCC(CC)CC1(N)CCOc2ccccc21. The predicted molar refractivity (Wildman–Crippen MR) is 80.3 cm³/mol. The van der Waals surface area contributed by atoms with Gasteiger partial charge in [-0.25, -0.2) is 0 Å². The van der Waals surface area contributed by atoms with Crippen molar-refractivity contribution in [3.8, 4) is 5.75 Å². The third kappa shape index (κ3) is 3.30. The highest BCUT2D eigenvalue weighted by atomic mass is 16.5. The molecule has 0 saturated carbocycles. The Balaban J connectivity index is 2.14. The van der Waals surface area contributed by atoms with E-state index in [1.54, 1.807) is 0 Å². The number of ether oxygens (including phenoxy) is 1. The fourth-order valence-electron chi connectivity index (χ4n) is 3.15. The molecule has 2 N–H and O–H groups in total. The zero-order chi connectivity index (χ0) is 13.7. The van der Waals surface area contributed by atoms with E-state index in [0.29, 0.717) is 0 Å². The smallest absolute Gasteiger partial charge is 0.124 e. The Morgan fingerprint density at radius 2 is 2.11 bits per heavy atom. The van der Waals surface area contributed by atoms with Gasteiger partial charge < -0.3 is 10.5 Å². The largest absolute Gasteiger partial charge is 0.493 e. The molecule has 0 amide bonds. The van der Waals surface area contributed by atoms with Crippen molar-refractivity contribution >= 4 is 0 Å². The summed E-state index contributed by atoms with van der Waals surface area (Å²) in [6, 6.07) is 8.28. The van der Waals surface area contributed by atoms with E-state index in [1.807, 2.05) is 12.1 Å². The second kappa shape index (κ2) is 6.42. The molecular weight excluding hydrogens is 234 g/mol. The molecule has 0 saturated heterocycles. The van der Waals surface area contributed by atoms with E-state index >= 15 is 0 Å². The van der Waals surface area contributed by atoms with Crippen LogP contribution in [0.25, 0.3) is 0 Å². The first-order valence-corrected chi connectivity index (χ1v) is 7.70. The van der Waals surface area contributed by atoms with Crippen LogP contribution in [0.15, 0.2) is 24.3 Å². The molecule has 2 atom stereocenters. The zero-order valence-corrected chi connectivity index (χ0v) is 12.3. The molecule has 2 nitrogen and oxygen atoms in total. The maximum atomic E-state index is 6.74. The summed E-state index contributed by atoms with van der Waals surface area (Å²) in [6.45, 7) is 5.29. The lowest BCUT2D eigenvalue weighted by Crippen LogP contribution is -2.43. The summed E-state index contributed by atoms with van der Waals surface area (Å²) in [5.74, 6) is 1.72. The Morgan fingerprint density at radius 3 is 2.84 bits per heavy atom. The third-order valence-corrected chi connectivity index (χ3v) is 4.43. The number of nitrogens with two attached hydrogens (primary N) is 1. The molecule has 1 aliphatic heterocycles. The molecule has 1 aromatic rings. The monoisotopic (exact) mass is 261 g/mol. The molecule has 1 heterocycles. The van der Waals surface area contributed by atoms with Gasteiger partial charge in [-0.3, -0.25) is 0 Å². The quantitative estimate of drug-likeness (QED) is 0.831. The van der Waals surface area contributed by atoms with E-state index in [1.165, 1.54) is 31.2 Å². The summed E-state index contributed by atoms with van der Waals surface area (Å²) < 4.78 is 5.74. The molecule has 0 bridgehead atoms.